The fourth-order valence-electron chi connectivity index (χ4n) is 4.49. The Labute approximate surface area is 188 Å². The number of hydrogen-bond donors (Lipinski definition) is 2. The van der Waals surface area contributed by atoms with Crippen LogP contribution in [0.1, 0.15) is 52.9 Å². The van der Waals surface area contributed by atoms with E-state index in [0.29, 0.717) is 25.7 Å². The number of nitrogens with one attached hydrogen (secondary N) is 1. The molecule has 182 valence electrons. The molecule has 3 amide bonds. The van der Waals surface area contributed by atoms with Crippen molar-refractivity contribution >= 4 is 23.9 Å². The van der Waals surface area contributed by atoms with Gasteiger partial charge in [-0.05, 0) is 58.8 Å². The Morgan fingerprint density at radius 2 is 1.69 bits per heavy atom. The van der Waals surface area contributed by atoms with Crippen LogP contribution in [0, 0.1) is 17.8 Å². The zero-order chi connectivity index (χ0) is 24.2. The molecule has 1 heterocycles. The monoisotopic (exact) mass is 457 g/mol. The summed E-state index contributed by atoms with van der Waals surface area (Å²) in [5.74, 6) is -3.41. The third-order valence-electron chi connectivity index (χ3n) is 6.09. The number of likely N-dealkylation sites (tertiary alicyclic amines) is 1. The molecular formula is C22H36FN3O6. The van der Waals surface area contributed by atoms with Gasteiger partial charge in [-0.15, -0.1) is 0 Å². The van der Waals surface area contributed by atoms with Crippen molar-refractivity contribution in [3.63, 3.8) is 0 Å². The van der Waals surface area contributed by atoms with Crippen molar-refractivity contribution in [1.29, 1.82) is 0 Å². The average Bonchev–Trinajstić information content (AvgIpc) is 3.12. The second-order valence-corrected chi connectivity index (χ2v) is 10.0. The maximum absolute atomic E-state index is 13.8. The normalized spacial score (nSPS) is 25.6. The smallest absolute Gasteiger partial charge is 0.408 e. The molecule has 2 N–H and O–H groups in total. The number of hydrogen-bond acceptors (Lipinski definition) is 5. The van der Waals surface area contributed by atoms with Gasteiger partial charge in [-0.3, -0.25) is 14.4 Å². The topological polar surface area (TPSA) is 116 Å². The van der Waals surface area contributed by atoms with Gasteiger partial charge in [-0.2, -0.15) is 0 Å². The lowest BCUT2D eigenvalue weighted by molar-refractivity contribution is -0.146. The fourth-order valence-corrected chi connectivity index (χ4v) is 4.49. The van der Waals surface area contributed by atoms with Crippen LogP contribution < -0.4 is 5.32 Å². The number of alkyl halides is 1. The third kappa shape index (κ3) is 6.80. The van der Waals surface area contributed by atoms with Crippen LogP contribution in [0.5, 0.6) is 0 Å². The summed E-state index contributed by atoms with van der Waals surface area (Å²) in [5, 5.41) is 11.9. The molecule has 1 aliphatic heterocycles. The molecule has 2 fully saturated rings. The summed E-state index contributed by atoms with van der Waals surface area (Å²) >= 11 is 0. The van der Waals surface area contributed by atoms with Gasteiger partial charge >= 0.3 is 12.1 Å². The van der Waals surface area contributed by atoms with Crippen LogP contribution in [0.4, 0.5) is 9.18 Å². The first-order chi connectivity index (χ1) is 14.8. The van der Waals surface area contributed by atoms with Crippen LogP contribution in [-0.2, 0) is 19.1 Å². The molecule has 32 heavy (non-hydrogen) atoms. The number of carbonyl (C=O) groups is 4. The maximum Gasteiger partial charge on any atom is 0.408 e. The number of rotatable bonds is 6. The molecule has 2 aliphatic rings. The summed E-state index contributed by atoms with van der Waals surface area (Å²) in [6, 6.07) is -1.23. The molecule has 1 saturated carbocycles. The predicted octanol–water partition coefficient (Wildman–Crippen LogP) is 2.05. The molecule has 0 radical (unpaired) electrons. The van der Waals surface area contributed by atoms with Crippen LogP contribution >= 0.6 is 0 Å². The lowest BCUT2D eigenvalue weighted by Crippen LogP contribution is -2.58. The summed E-state index contributed by atoms with van der Waals surface area (Å²) in [6.07, 6.45) is -0.111. The second kappa shape index (κ2) is 10.5. The van der Waals surface area contributed by atoms with Crippen molar-refractivity contribution in [1.82, 2.24) is 15.1 Å². The zero-order valence-corrected chi connectivity index (χ0v) is 19.6. The number of carbonyl (C=O) groups excluding carboxylic acids is 3. The van der Waals surface area contributed by atoms with E-state index in [2.05, 4.69) is 5.32 Å². The van der Waals surface area contributed by atoms with Crippen LogP contribution in [0.3, 0.4) is 0 Å². The minimum atomic E-state index is -1.23. The molecular weight excluding hydrogens is 421 g/mol. The van der Waals surface area contributed by atoms with E-state index < -0.39 is 47.6 Å². The molecule has 0 aromatic carbocycles. The first kappa shape index (κ1) is 25.9. The van der Waals surface area contributed by atoms with Gasteiger partial charge in [0, 0.05) is 20.6 Å². The Bertz CT molecular complexity index is 715. The summed E-state index contributed by atoms with van der Waals surface area (Å²) in [6.45, 7) is 5.19. The van der Waals surface area contributed by atoms with Gasteiger partial charge in [0.25, 0.3) is 0 Å². The van der Waals surface area contributed by atoms with Crippen LogP contribution in [0.2, 0.25) is 0 Å². The van der Waals surface area contributed by atoms with Crippen LogP contribution in [0.15, 0.2) is 0 Å². The van der Waals surface area contributed by atoms with Crippen molar-refractivity contribution in [3.05, 3.63) is 0 Å². The number of carboxylic acid groups (broad SMARTS) is 1. The van der Waals surface area contributed by atoms with E-state index in [1.54, 1.807) is 34.9 Å². The molecule has 1 saturated heterocycles. The second-order valence-electron chi connectivity index (χ2n) is 10.0. The van der Waals surface area contributed by atoms with Gasteiger partial charge in [-0.1, -0.05) is 0 Å². The fraction of sp³-hybridized carbons (Fsp3) is 0.818. The van der Waals surface area contributed by atoms with Crippen molar-refractivity contribution in [2.75, 3.05) is 27.2 Å². The van der Waals surface area contributed by atoms with Gasteiger partial charge in [0.15, 0.2) is 0 Å². The number of amides is 3. The number of carboxylic acids is 1. The maximum atomic E-state index is 13.8. The zero-order valence-electron chi connectivity index (χ0n) is 19.6. The minimum absolute atomic E-state index is 0.0834. The number of aliphatic carboxylic acids is 1. The highest BCUT2D eigenvalue weighted by Crippen LogP contribution is 2.36. The van der Waals surface area contributed by atoms with E-state index in [-0.39, 0.29) is 31.3 Å². The van der Waals surface area contributed by atoms with Crippen LogP contribution in [-0.4, -0.2) is 83.8 Å². The van der Waals surface area contributed by atoms with Gasteiger partial charge in [0.2, 0.25) is 11.8 Å². The molecule has 2 rings (SSSR count). The Morgan fingerprint density at radius 3 is 2.12 bits per heavy atom. The van der Waals surface area contributed by atoms with E-state index in [9.17, 15) is 28.7 Å². The molecule has 9 nitrogen and oxygen atoms in total. The van der Waals surface area contributed by atoms with E-state index >= 15 is 0 Å². The molecule has 0 aromatic rings. The number of ether oxygens (including phenoxy) is 1. The van der Waals surface area contributed by atoms with E-state index in [1.807, 2.05) is 0 Å². The third-order valence-corrected chi connectivity index (χ3v) is 6.09. The standard InChI is InChI=1S/C22H36FN3O6/c1-22(2,3)32-21(31)24-17(19(28)26-11-10-15(23)12-26)16(18(27)25(4)5)13-6-8-14(9-7-13)20(29)30/h13-17H,6-12H2,1-5H3,(H,24,31)(H,29,30)/t13?,14?,15-,16-,17?/m0/s1. The summed E-state index contributed by atoms with van der Waals surface area (Å²) < 4.78 is 19.1. The first-order valence-electron chi connectivity index (χ1n) is 11.2. The highest BCUT2D eigenvalue weighted by molar-refractivity contribution is 5.92. The molecule has 1 aliphatic carbocycles. The highest BCUT2D eigenvalue weighted by atomic mass is 19.1. The molecule has 0 spiro atoms. The molecule has 0 bridgehead atoms. The summed E-state index contributed by atoms with van der Waals surface area (Å²) in [4.78, 5) is 53.3. The van der Waals surface area contributed by atoms with Gasteiger partial charge in [0.05, 0.1) is 18.4 Å². The molecule has 10 heteroatoms. The molecule has 0 aromatic heterocycles. The Hall–Kier alpha value is -2.39. The first-order valence-corrected chi connectivity index (χ1v) is 11.2. The molecule has 3 atom stereocenters. The lowest BCUT2D eigenvalue weighted by Gasteiger charge is -2.38. The molecule has 1 unspecified atom stereocenters. The van der Waals surface area contributed by atoms with Crippen molar-refractivity contribution < 1.29 is 33.4 Å². The summed E-state index contributed by atoms with van der Waals surface area (Å²) in [5.41, 5.74) is -0.810. The van der Waals surface area contributed by atoms with Gasteiger partial charge < -0.3 is 25.0 Å². The van der Waals surface area contributed by atoms with E-state index in [0.717, 1.165) is 0 Å². The summed E-state index contributed by atoms with van der Waals surface area (Å²) in [7, 11) is 3.14. The van der Waals surface area contributed by atoms with Crippen molar-refractivity contribution in [3.8, 4) is 0 Å². The van der Waals surface area contributed by atoms with Crippen molar-refractivity contribution in [2.24, 2.45) is 17.8 Å². The SMILES string of the molecule is CN(C)C(=O)[C@@H](C1CCC(C(=O)O)CC1)C(NC(=O)OC(C)(C)C)C(=O)N1CC[C@H](F)C1. The number of alkyl carbamates (subject to hydrolysis) is 1. The Balaban J connectivity index is 2.34. The highest BCUT2D eigenvalue weighted by Gasteiger charge is 2.45. The quantitative estimate of drug-likeness (QED) is 0.631. The minimum Gasteiger partial charge on any atom is -0.481 e. The van der Waals surface area contributed by atoms with Gasteiger partial charge in [-0.25, -0.2) is 9.18 Å². The van der Waals surface area contributed by atoms with E-state index in [4.69, 9.17) is 4.74 Å². The Morgan fingerprint density at radius 1 is 1.09 bits per heavy atom. The average molecular weight is 458 g/mol. The predicted molar refractivity (Wildman–Crippen MR) is 115 cm³/mol. The van der Waals surface area contributed by atoms with E-state index in [1.165, 1.54) is 9.80 Å². The number of nitrogens with zero attached hydrogens (tertiary/aromatic N) is 2. The van der Waals surface area contributed by atoms with Crippen LogP contribution in [0.25, 0.3) is 0 Å². The lowest BCUT2D eigenvalue weighted by atomic mass is 9.72. The largest absolute Gasteiger partial charge is 0.481 e. The van der Waals surface area contributed by atoms with Crippen molar-refractivity contribution in [2.45, 2.75) is 70.7 Å². The number of halogens is 1. The van der Waals surface area contributed by atoms with Gasteiger partial charge in [0.1, 0.15) is 17.8 Å². The Kier molecular flexibility index (Phi) is 8.47.